The molecule has 0 bridgehead atoms. The Balaban J connectivity index is 1.92. The number of unbranched alkanes of at least 4 members (excludes halogenated alkanes) is 1. The van der Waals surface area contributed by atoms with Gasteiger partial charge in [0.05, 0.1) is 24.9 Å². The molecule has 1 saturated heterocycles. The Bertz CT molecular complexity index is 822. The first-order valence-corrected chi connectivity index (χ1v) is 20.9. The van der Waals surface area contributed by atoms with Crippen molar-refractivity contribution in [2.24, 2.45) is 23.2 Å². The van der Waals surface area contributed by atoms with Crippen molar-refractivity contribution >= 4 is 16.6 Å². The molecule has 1 heterocycles. The highest BCUT2D eigenvalue weighted by molar-refractivity contribution is 6.74. The summed E-state index contributed by atoms with van der Waals surface area (Å²) in [5, 5.41) is 10.4. The van der Waals surface area contributed by atoms with Crippen LogP contribution in [0.4, 0.5) is 0 Å². The Labute approximate surface area is 231 Å². The Hall–Kier alpha value is 0.0138. The predicted octanol–water partition coefficient (Wildman–Crippen LogP) is 8.33. The van der Waals surface area contributed by atoms with Gasteiger partial charge in [-0.05, 0) is 72.8 Å². The fraction of sp³-hybridized carbons (Fsp3) is 0.935. The topological polar surface area (TPSA) is 51.2 Å². The fourth-order valence-electron chi connectivity index (χ4n) is 6.15. The highest BCUT2D eigenvalue weighted by atomic mass is 28.4. The van der Waals surface area contributed by atoms with Crippen LogP contribution in [0.2, 0.25) is 36.3 Å². The van der Waals surface area contributed by atoms with E-state index in [-0.39, 0.29) is 46.0 Å². The van der Waals surface area contributed by atoms with E-state index in [1.54, 1.807) is 0 Å². The average molecular weight is 553 g/mol. The number of epoxide rings is 1. The molecule has 2 saturated carbocycles. The number of ether oxygens (including phenoxy) is 1. The third-order valence-corrected chi connectivity index (χ3v) is 19.9. The molecule has 3 unspecified atom stereocenters. The lowest BCUT2D eigenvalue weighted by Crippen LogP contribution is -2.47. The van der Waals surface area contributed by atoms with Gasteiger partial charge in [0, 0.05) is 5.92 Å². The van der Waals surface area contributed by atoms with Crippen LogP contribution in [0.5, 0.6) is 0 Å². The second-order valence-corrected chi connectivity index (χ2v) is 25.8. The molecule has 3 fully saturated rings. The number of hydrogen-bond donors (Lipinski definition) is 1. The van der Waals surface area contributed by atoms with E-state index in [1.165, 1.54) is 12.8 Å². The third-order valence-electron chi connectivity index (χ3n) is 11.0. The molecule has 1 aliphatic heterocycles. The molecule has 0 amide bonds. The molecule has 6 heteroatoms. The number of hydrogen-bond acceptors (Lipinski definition) is 4. The SMILES string of the molecule is CCCCC(C)(C)C(/C=C/[C@H]1[C@@H]2CC3(CO)OC3[C@H]2C[C@H]1O[Si](C)(C)C(C)(C)C)O[Si](C)(C)C(C)(C)C. The summed E-state index contributed by atoms with van der Waals surface area (Å²) < 4.78 is 20.4. The Morgan fingerprint density at radius 2 is 1.57 bits per heavy atom. The minimum absolute atomic E-state index is 0.0725. The minimum Gasteiger partial charge on any atom is -0.413 e. The predicted molar refractivity (Wildman–Crippen MR) is 161 cm³/mol. The van der Waals surface area contributed by atoms with Crippen molar-refractivity contribution in [3.05, 3.63) is 12.2 Å². The van der Waals surface area contributed by atoms with Crippen molar-refractivity contribution < 1.29 is 18.7 Å². The Kier molecular flexibility index (Phi) is 8.90. The molecule has 0 aromatic rings. The zero-order valence-corrected chi connectivity index (χ0v) is 28.5. The van der Waals surface area contributed by atoms with Crippen molar-refractivity contribution in [1.29, 1.82) is 0 Å². The minimum atomic E-state index is -1.95. The lowest BCUT2D eigenvalue weighted by Gasteiger charge is -2.44. The van der Waals surface area contributed by atoms with Gasteiger partial charge in [0.1, 0.15) is 5.60 Å². The van der Waals surface area contributed by atoms with Crippen LogP contribution in [0.25, 0.3) is 0 Å². The largest absolute Gasteiger partial charge is 0.413 e. The van der Waals surface area contributed by atoms with Crippen LogP contribution in [-0.4, -0.2) is 52.3 Å². The van der Waals surface area contributed by atoms with E-state index in [0.717, 1.165) is 19.3 Å². The summed E-state index contributed by atoms with van der Waals surface area (Å²) in [6.07, 6.45) is 11.0. The standard InChI is InChI=1S/C31H60O4Si2/c1-14-15-18-30(8,9)26(35-37(12,13)29(5,6)7)17-16-22-24-20-31(21-32)27(33-31)23(24)19-25(22)34-36(10,11)28(2,3)4/h16-17,22-27,32H,14-15,18-21H2,1-13H3/b17-16+/t22-,23-,24-,25+,26?,27?,31?/m0/s1. The summed E-state index contributed by atoms with van der Waals surface area (Å²) >= 11 is 0. The van der Waals surface area contributed by atoms with Crippen molar-refractivity contribution in [1.82, 2.24) is 0 Å². The second kappa shape index (κ2) is 10.4. The van der Waals surface area contributed by atoms with E-state index in [0.29, 0.717) is 17.8 Å². The second-order valence-electron chi connectivity index (χ2n) is 16.3. The summed E-state index contributed by atoms with van der Waals surface area (Å²) in [7, 11) is -3.87. The van der Waals surface area contributed by atoms with Crippen molar-refractivity contribution in [2.45, 2.75) is 155 Å². The zero-order valence-electron chi connectivity index (χ0n) is 26.5. The summed E-state index contributed by atoms with van der Waals surface area (Å²) in [5.74, 6) is 1.36. The van der Waals surface area contributed by atoms with Crippen LogP contribution in [0.1, 0.15) is 94.4 Å². The maximum Gasteiger partial charge on any atom is 0.192 e. The van der Waals surface area contributed by atoms with Crippen LogP contribution in [-0.2, 0) is 13.6 Å². The maximum atomic E-state index is 10.1. The lowest BCUT2D eigenvalue weighted by molar-refractivity contribution is 0.0868. The molecule has 3 aliphatic rings. The number of rotatable bonds is 11. The van der Waals surface area contributed by atoms with E-state index in [2.05, 4.69) is 101 Å². The molecule has 7 atom stereocenters. The van der Waals surface area contributed by atoms with Crippen LogP contribution in [0.15, 0.2) is 12.2 Å². The molecule has 4 nitrogen and oxygen atoms in total. The molecular formula is C31H60O4Si2. The van der Waals surface area contributed by atoms with Crippen LogP contribution >= 0.6 is 0 Å². The molecule has 3 rings (SSSR count). The van der Waals surface area contributed by atoms with Gasteiger partial charge < -0.3 is 18.7 Å². The Morgan fingerprint density at radius 3 is 2.08 bits per heavy atom. The normalized spacial score (nSPS) is 33.6. The molecule has 0 spiro atoms. The van der Waals surface area contributed by atoms with E-state index in [1.807, 2.05) is 0 Å². The highest BCUT2D eigenvalue weighted by Crippen LogP contribution is 2.63. The van der Waals surface area contributed by atoms with Gasteiger partial charge in [-0.15, -0.1) is 0 Å². The number of fused-ring (bicyclic) bond motifs is 3. The first-order chi connectivity index (χ1) is 16.7. The van der Waals surface area contributed by atoms with E-state index in [4.69, 9.17) is 13.6 Å². The molecule has 0 aromatic heterocycles. The van der Waals surface area contributed by atoms with Gasteiger partial charge >= 0.3 is 0 Å². The molecule has 216 valence electrons. The highest BCUT2D eigenvalue weighted by Gasteiger charge is 2.71. The summed E-state index contributed by atoms with van der Waals surface area (Å²) in [5.41, 5.74) is -0.204. The van der Waals surface area contributed by atoms with Crippen molar-refractivity contribution in [2.75, 3.05) is 6.61 Å². The summed E-state index contributed by atoms with van der Waals surface area (Å²) in [6, 6.07) is 0. The molecule has 2 aliphatic carbocycles. The molecular weight excluding hydrogens is 493 g/mol. The van der Waals surface area contributed by atoms with Crippen LogP contribution in [0.3, 0.4) is 0 Å². The number of aliphatic hydroxyl groups is 1. The fourth-order valence-corrected chi connectivity index (χ4v) is 8.90. The van der Waals surface area contributed by atoms with E-state index in [9.17, 15) is 5.11 Å². The lowest BCUT2D eigenvalue weighted by atomic mass is 9.80. The van der Waals surface area contributed by atoms with Crippen LogP contribution < -0.4 is 0 Å². The first kappa shape index (κ1) is 31.5. The van der Waals surface area contributed by atoms with Gasteiger partial charge in [-0.1, -0.05) is 87.3 Å². The molecule has 37 heavy (non-hydrogen) atoms. The van der Waals surface area contributed by atoms with Crippen LogP contribution in [0, 0.1) is 23.2 Å². The van der Waals surface area contributed by atoms with Crippen molar-refractivity contribution in [3.63, 3.8) is 0 Å². The average Bonchev–Trinajstić information content (AvgIpc) is 3.25. The van der Waals surface area contributed by atoms with E-state index < -0.39 is 16.6 Å². The maximum absolute atomic E-state index is 10.1. The number of aliphatic hydroxyl groups excluding tert-OH is 1. The van der Waals surface area contributed by atoms with E-state index >= 15 is 0 Å². The smallest absolute Gasteiger partial charge is 0.192 e. The van der Waals surface area contributed by atoms with Gasteiger partial charge in [0.25, 0.3) is 0 Å². The molecule has 0 radical (unpaired) electrons. The van der Waals surface area contributed by atoms with Gasteiger partial charge in [-0.25, -0.2) is 0 Å². The van der Waals surface area contributed by atoms with Gasteiger partial charge in [-0.3, -0.25) is 0 Å². The van der Waals surface area contributed by atoms with Gasteiger partial charge in [0.2, 0.25) is 0 Å². The summed E-state index contributed by atoms with van der Waals surface area (Å²) in [6.45, 7) is 30.7. The quantitative estimate of drug-likeness (QED) is 0.159. The summed E-state index contributed by atoms with van der Waals surface area (Å²) in [4.78, 5) is 0. The molecule has 0 aromatic carbocycles. The van der Waals surface area contributed by atoms with Gasteiger partial charge in [0.15, 0.2) is 16.6 Å². The first-order valence-electron chi connectivity index (χ1n) is 15.0. The molecule has 1 N–H and O–H groups in total. The monoisotopic (exact) mass is 552 g/mol. The van der Waals surface area contributed by atoms with Gasteiger partial charge in [-0.2, -0.15) is 0 Å². The zero-order chi connectivity index (χ0) is 28.2. The Morgan fingerprint density at radius 1 is 0.973 bits per heavy atom. The van der Waals surface area contributed by atoms with Crippen molar-refractivity contribution in [3.8, 4) is 0 Å². The third kappa shape index (κ3) is 6.35.